The Morgan fingerprint density at radius 3 is 1.97 bits per heavy atom. The number of esters is 2. The molecule has 0 heterocycles. The zero-order valence-electron chi connectivity index (χ0n) is 21.2. The van der Waals surface area contributed by atoms with Crippen molar-refractivity contribution >= 4 is 23.5 Å². The highest BCUT2D eigenvalue weighted by Gasteiger charge is 2.15. The van der Waals surface area contributed by atoms with Gasteiger partial charge in [0.25, 0.3) is 0 Å². The number of aryl methyl sites for hydroxylation is 1. The molecule has 0 radical (unpaired) electrons. The van der Waals surface area contributed by atoms with Crippen molar-refractivity contribution in [3.05, 3.63) is 124 Å². The summed E-state index contributed by atoms with van der Waals surface area (Å²) in [4.78, 5) is 25.2. The van der Waals surface area contributed by atoms with Crippen LogP contribution in [-0.2, 0) is 13.0 Å². The van der Waals surface area contributed by atoms with Crippen LogP contribution in [0.4, 0.5) is 0 Å². The number of halogens is 1. The molecule has 0 aliphatic carbocycles. The number of carbonyl (C=O) groups is 2. The Morgan fingerprint density at radius 1 is 0.684 bits per heavy atom. The van der Waals surface area contributed by atoms with Crippen LogP contribution >= 0.6 is 11.6 Å². The lowest BCUT2D eigenvalue weighted by molar-refractivity contribution is 0.0730. The van der Waals surface area contributed by atoms with Crippen molar-refractivity contribution in [2.75, 3.05) is 0 Å². The van der Waals surface area contributed by atoms with Crippen LogP contribution in [-0.4, -0.2) is 11.9 Å². The van der Waals surface area contributed by atoms with Gasteiger partial charge >= 0.3 is 11.9 Å². The summed E-state index contributed by atoms with van der Waals surface area (Å²) in [6.07, 6.45) is 4.54. The Bertz CT molecular complexity index is 1350. The van der Waals surface area contributed by atoms with Crippen LogP contribution in [0.25, 0.3) is 0 Å². The predicted molar refractivity (Wildman–Crippen MR) is 148 cm³/mol. The summed E-state index contributed by atoms with van der Waals surface area (Å²) in [5.41, 5.74) is 2.80. The van der Waals surface area contributed by atoms with E-state index < -0.39 is 11.9 Å². The fourth-order valence-corrected chi connectivity index (χ4v) is 4.03. The highest BCUT2D eigenvalue weighted by atomic mass is 35.5. The zero-order chi connectivity index (χ0) is 26.7. The summed E-state index contributed by atoms with van der Waals surface area (Å²) in [5.74, 6) is 0.207. The van der Waals surface area contributed by atoms with Gasteiger partial charge in [-0.3, -0.25) is 0 Å². The quantitative estimate of drug-likeness (QED) is 0.112. The molecule has 0 atom stereocenters. The van der Waals surface area contributed by atoms with E-state index in [1.54, 1.807) is 42.5 Å². The first-order valence-corrected chi connectivity index (χ1v) is 13.0. The molecule has 0 unspecified atom stereocenters. The molecular formula is C32H29ClO5. The van der Waals surface area contributed by atoms with E-state index in [-0.39, 0.29) is 16.3 Å². The van der Waals surface area contributed by atoms with Gasteiger partial charge in [0.2, 0.25) is 0 Å². The molecule has 0 aliphatic heterocycles. The van der Waals surface area contributed by atoms with Gasteiger partial charge in [0.1, 0.15) is 23.9 Å². The van der Waals surface area contributed by atoms with Crippen LogP contribution < -0.4 is 14.2 Å². The molecule has 0 N–H and O–H groups in total. The molecule has 6 heteroatoms. The standard InChI is InChI=1S/C32H29ClO5/c1-2-3-5-8-23-11-15-26(16-12-23)37-31(34)25-13-17-27(18-14-25)38-32(35)29-20-19-28(21-30(29)33)36-22-24-9-6-4-7-10-24/h4,6-7,9-21H,2-3,5,8,22H2,1H3. The van der Waals surface area contributed by atoms with Crippen molar-refractivity contribution in [1.29, 1.82) is 0 Å². The Hall–Kier alpha value is -4.09. The zero-order valence-corrected chi connectivity index (χ0v) is 21.9. The highest BCUT2D eigenvalue weighted by molar-refractivity contribution is 6.33. The Kier molecular flexibility index (Phi) is 9.54. The molecule has 0 aliphatic rings. The van der Waals surface area contributed by atoms with Crippen molar-refractivity contribution in [3.63, 3.8) is 0 Å². The highest BCUT2D eigenvalue weighted by Crippen LogP contribution is 2.25. The predicted octanol–water partition coefficient (Wildman–Crippen LogP) is 8.09. The summed E-state index contributed by atoms with van der Waals surface area (Å²) in [5, 5.41) is 0.220. The lowest BCUT2D eigenvalue weighted by atomic mass is 10.1. The van der Waals surface area contributed by atoms with Gasteiger partial charge in [0, 0.05) is 0 Å². The first-order valence-electron chi connectivity index (χ1n) is 12.6. The van der Waals surface area contributed by atoms with Gasteiger partial charge in [0.15, 0.2) is 0 Å². The van der Waals surface area contributed by atoms with Crippen LogP contribution in [0.2, 0.25) is 5.02 Å². The van der Waals surface area contributed by atoms with Crippen LogP contribution in [0, 0.1) is 0 Å². The molecule has 0 saturated heterocycles. The summed E-state index contributed by atoms with van der Waals surface area (Å²) >= 11 is 6.32. The van der Waals surface area contributed by atoms with E-state index in [1.165, 1.54) is 30.5 Å². The lowest BCUT2D eigenvalue weighted by Crippen LogP contribution is -2.11. The molecule has 194 valence electrons. The van der Waals surface area contributed by atoms with Crippen molar-refractivity contribution < 1.29 is 23.8 Å². The topological polar surface area (TPSA) is 61.8 Å². The maximum absolute atomic E-state index is 12.7. The number of unbranched alkanes of at least 4 members (excludes halogenated alkanes) is 2. The summed E-state index contributed by atoms with van der Waals surface area (Å²) in [6, 6.07) is 28.3. The second-order valence-corrected chi connectivity index (χ2v) is 9.23. The molecule has 38 heavy (non-hydrogen) atoms. The van der Waals surface area contributed by atoms with Crippen molar-refractivity contribution in [3.8, 4) is 17.2 Å². The Labute approximate surface area is 227 Å². The largest absolute Gasteiger partial charge is 0.489 e. The normalized spacial score (nSPS) is 10.6. The van der Waals surface area contributed by atoms with Gasteiger partial charge < -0.3 is 14.2 Å². The van der Waals surface area contributed by atoms with Crippen molar-refractivity contribution in [2.45, 2.75) is 39.2 Å². The third-order valence-corrected chi connectivity index (χ3v) is 6.22. The van der Waals surface area contributed by atoms with Gasteiger partial charge in [-0.2, -0.15) is 0 Å². The first-order chi connectivity index (χ1) is 18.5. The Balaban J connectivity index is 1.30. The molecular weight excluding hydrogens is 500 g/mol. The fourth-order valence-electron chi connectivity index (χ4n) is 3.78. The smallest absolute Gasteiger partial charge is 0.345 e. The number of hydrogen-bond donors (Lipinski definition) is 0. The molecule has 5 nitrogen and oxygen atoms in total. The van der Waals surface area contributed by atoms with E-state index in [0.717, 1.165) is 18.4 Å². The number of ether oxygens (including phenoxy) is 3. The molecule has 4 rings (SSSR count). The van der Waals surface area contributed by atoms with E-state index in [0.29, 0.717) is 23.7 Å². The van der Waals surface area contributed by atoms with Gasteiger partial charge in [-0.15, -0.1) is 0 Å². The molecule has 4 aromatic rings. The summed E-state index contributed by atoms with van der Waals surface area (Å²) in [6.45, 7) is 2.57. The third kappa shape index (κ3) is 7.70. The number of hydrogen-bond acceptors (Lipinski definition) is 5. The minimum absolute atomic E-state index is 0.209. The number of carbonyl (C=O) groups excluding carboxylic acids is 2. The summed E-state index contributed by atoms with van der Waals surface area (Å²) in [7, 11) is 0. The van der Waals surface area contributed by atoms with E-state index in [1.807, 2.05) is 42.5 Å². The maximum Gasteiger partial charge on any atom is 0.345 e. The molecule has 0 amide bonds. The van der Waals surface area contributed by atoms with Gasteiger partial charge in [-0.1, -0.05) is 73.8 Å². The monoisotopic (exact) mass is 528 g/mol. The van der Waals surface area contributed by atoms with Gasteiger partial charge in [0.05, 0.1) is 16.1 Å². The molecule has 0 bridgehead atoms. The number of benzene rings is 4. The minimum Gasteiger partial charge on any atom is -0.489 e. The third-order valence-electron chi connectivity index (χ3n) is 5.91. The lowest BCUT2D eigenvalue weighted by Gasteiger charge is -2.10. The molecule has 0 saturated carbocycles. The Morgan fingerprint density at radius 2 is 1.32 bits per heavy atom. The van der Waals surface area contributed by atoms with Crippen LogP contribution in [0.5, 0.6) is 17.2 Å². The van der Waals surface area contributed by atoms with Gasteiger partial charge in [-0.25, -0.2) is 9.59 Å². The fraction of sp³-hybridized carbons (Fsp3) is 0.188. The van der Waals surface area contributed by atoms with E-state index in [2.05, 4.69) is 6.92 Å². The minimum atomic E-state index is -0.612. The molecule has 0 spiro atoms. The number of rotatable bonds is 11. The van der Waals surface area contributed by atoms with E-state index in [4.69, 9.17) is 25.8 Å². The van der Waals surface area contributed by atoms with Gasteiger partial charge in [-0.05, 0) is 78.6 Å². The molecule has 4 aromatic carbocycles. The maximum atomic E-state index is 12.7. The van der Waals surface area contributed by atoms with Crippen molar-refractivity contribution in [1.82, 2.24) is 0 Å². The van der Waals surface area contributed by atoms with Crippen molar-refractivity contribution in [2.24, 2.45) is 0 Å². The second-order valence-electron chi connectivity index (χ2n) is 8.82. The van der Waals surface area contributed by atoms with Crippen LogP contribution in [0.1, 0.15) is 58.0 Å². The van der Waals surface area contributed by atoms with Crippen LogP contribution in [0.3, 0.4) is 0 Å². The SMILES string of the molecule is CCCCCc1ccc(OC(=O)c2ccc(OC(=O)c3ccc(OCc4ccccc4)cc3Cl)cc2)cc1. The second kappa shape index (κ2) is 13.5. The molecule has 0 aromatic heterocycles. The van der Waals surface area contributed by atoms with E-state index >= 15 is 0 Å². The summed E-state index contributed by atoms with van der Waals surface area (Å²) < 4.78 is 16.7. The first kappa shape index (κ1) is 27.0. The average molecular weight is 529 g/mol. The van der Waals surface area contributed by atoms with Crippen LogP contribution in [0.15, 0.2) is 97.1 Å². The average Bonchev–Trinajstić information content (AvgIpc) is 2.94. The van der Waals surface area contributed by atoms with E-state index in [9.17, 15) is 9.59 Å². The molecule has 0 fully saturated rings.